The third-order valence-electron chi connectivity index (χ3n) is 2.73. The second kappa shape index (κ2) is 5.57. The molecular formula is C12H12ClN3S2. The molecule has 0 saturated heterocycles. The molecule has 6 heteroatoms. The number of aromatic nitrogens is 2. The second-order valence-electron chi connectivity index (χ2n) is 4.22. The molecule has 0 amide bonds. The molecule has 1 heterocycles. The van der Waals surface area contributed by atoms with Gasteiger partial charge in [0.15, 0.2) is 4.34 Å². The maximum Gasteiger partial charge on any atom is 0.178 e. The molecule has 2 aromatic rings. The molecule has 3 rings (SSSR count). The van der Waals surface area contributed by atoms with Crippen molar-refractivity contribution in [2.45, 2.75) is 34.7 Å². The Bertz CT molecular complexity index is 526. The van der Waals surface area contributed by atoms with Gasteiger partial charge in [0, 0.05) is 22.5 Å². The summed E-state index contributed by atoms with van der Waals surface area (Å²) in [5.74, 6) is 0. The van der Waals surface area contributed by atoms with Gasteiger partial charge in [-0.25, -0.2) is 0 Å². The minimum atomic E-state index is 0.705. The molecule has 0 bridgehead atoms. The molecule has 94 valence electrons. The zero-order valence-electron chi connectivity index (χ0n) is 9.60. The number of benzene rings is 1. The minimum absolute atomic E-state index is 0.705. The van der Waals surface area contributed by atoms with E-state index in [4.69, 9.17) is 11.6 Å². The monoisotopic (exact) mass is 297 g/mol. The quantitative estimate of drug-likeness (QED) is 0.915. The first-order valence-corrected chi connectivity index (χ1v) is 7.84. The van der Waals surface area contributed by atoms with Crippen molar-refractivity contribution in [2.24, 2.45) is 0 Å². The summed E-state index contributed by atoms with van der Waals surface area (Å²) in [4.78, 5) is 1.10. The van der Waals surface area contributed by atoms with Crippen molar-refractivity contribution in [3.05, 3.63) is 34.3 Å². The summed E-state index contributed by atoms with van der Waals surface area (Å²) in [6.45, 7) is 0.854. The SMILES string of the molecule is Clc1cc(Sc2nncs2)ccc1CNC1CC1. The Morgan fingerprint density at radius 2 is 2.33 bits per heavy atom. The van der Waals surface area contributed by atoms with Crippen molar-refractivity contribution >= 4 is 34.7 Å². The van der Waals surface area contributed by atoms with E-state index in [-0.39, 0.29) is 0 Å². The highest BCUT2D eigenvalue weighted by atomic mass is 35.5. The Morgan fingerprint density at radius 3 is 3.00 bits per heavy atom. The van der Waals surface area contributed by atoms with E-state index in [1.165, 1.54) is 24.2 Å². The number of hydrogen-bond acceptors (Lipinski definition) is 5. The lowest BCUT2D eigenvalue weighted by Crippen LogP contribution is -2.15. The molecule has 1 aliphatic carbocycles. The maximum atomic E-state index is 6.29. The van der Waals surface area contributed by atoms with Crippen LogP contribution in [0.1, 0.15) is 18.4 Å². The lowest BCUT2D eigenvalue weighted by atomic mass is 10.2. The van der Waals surface area contributed by atoms with Gasteiger partial charge in [0.25, 0.3) is 0 Å². The molecule has 0 aliphatic heterocycles. The molecule has 1 N–H and O–H groups in total. The van der Waals surface area contributed by atoms with Crippen LogP contribution in [0.4, 0.5) is 0 Å². The van der Waals surface area contributed by atoms with Crippen LogP contribution in [0, 0.1) is 0 Å². The first-order valence-electron chi connectivity index (χ1n) is 5.77. The van der Waals surface area contributed by atoms with E-state index in [9.17, 15) is 0 Å². The highest BCUT2D eigenvalue weighted by molar-refractivity contribution is 8.01. The van der Waals surface area contributed by atoms with Crippen molar-refractivity contribution in [1.29, 1.82) is 0 Å². The lowest BCUT2D eigenvalue weighted by Gasteiger charge is -2.07. The summed E-state index contributed by atoms with van der Waals surface area (Å²) in [5.41, 5.74) is 2.89. The van der Waals surface area contributed by atoms with E-state index in [2.05, 4.69) is 27.6 Å². The molecule has 1 fully saturated rings. The molecule has 0 unspecified atom stereocenters. The Hall–Kier alpha value is -0.620. The molecule has 1 aromatic carbocycles. The van der Waals surface area contributed by atoms with Gasteiger partial charge in [-0.1, -0.05) is 40.8 Å². The average Bonchev–Trinajstić information content (AvgIpc) is 3.05. The topological polar surface area (TPSA) is 37.8 Å². The Kier molecular flexibility index (Phi) is 3.84. The van der Waals surface area contributed by atoms with E-state index in [0.717, 1.165) is 26.4 Å². The van der Waals surface area contributed by atoms with E-state index >= 15 is 0 Å². The summed E-state index contributed by atoms with van der Waals surface area (Å²) in [6.07, 6.45) is 2.59. The van der Waals surface area contributed by atoms with E-state index in [1.807, 2.05) is 6.07 Å². The molecule has 1 saturated carbocycles. The first kappa shape index (κ1) is 12.4. The Labute approximate surface area is 119 Å². The van der Waals surface area contributed by atoms with Crippen LogP contribution in [0.5, 0.6) is 0 Å². The van der Waals surface area contributed by atoms with Crippen LogP contribution in [-0.2, 0) is 6.54 Å². The van der Waals surface area contributed by atoms with Gasteiger partial charge < -0.3 is 5.32 Å². The fourth-order valence-corrected chi connectivity index (χ4v) is 3.39. The predicted molar refractivity (Wildman–Crippen MR) is 75.3 cm³/mol. The molecular weight excluding hydrogens is 286 g/mol. The lowest BCUT2D eigenvalue weighted by molar-refractivity contribution is 0.687. The highest BCUT2D eigenvalue weighted by Gasteiger charge is 2.20. The fraction of sp³-hybridized carbons (Fsp3) is 0.333. The number of hydrogen-bond donors (Lipinski definition) is 1. The molecule has 3 nitrogen and oxygen atoms in total. The van der Waals surface area contributed by atoms with Crippen LogP contribution in [-0.4, -0.2) is 16.2 Å². The first-order chi connectivity index (χ1) is 8.81. The van der Waals surface area contributed by atoms with Gasteiger partial charge in [-0.15, -0.1) is 10.2 Å². The Morgan fingerprint density at radius 1 is 1.44 bits per heavy atom. The van der Waals surface area contributed by atoms with Crippen molar-refractivity contribution in [2.75, 3.05) is 0 Å². The van der Waals surface area contributed by atoms with Crippen LogP contribution < -0.4 is 5.32 Å². The normalized spacial score (nSPS) is 14.9. The van der Waals surface area contributed by atoms with Gasteiger partial charge in [0.05, 0.1) is 0 Å². The predicted octanol–water partition coefficient (Wildman–Crippen LogP) is 3.59. The van der Waals surface area contributed by atoms with Crippen molar-refractivity contribution in [3.63, 3.8) is 0 Å². The number of halogens is 1. The fourth-order valence-electron chi connectivity index (χ4n) is 1.58. The summed E-state index contributed by atoms with van der Waals surface area (Å²) in [6, 6.07) is 6.87. The van der Waals surface area contributed by atoms with Crippen LogP contribution in [0.15, 0.2) is 32.9 Å². The van der Waals surface area contributed by atoms with Gasteiger partial charge in [-0.05, 0) is 30.5 Å². The van der Waals surface area contributed by atoms with Crippen molar-refractivity contribution < 1.29 is 0 Å². The smallest absolute Gasteiger partial charge is 0.178 e. The third kappa shape index (κ3) is 3.23. The zero-order valence-corrected chi connectivity index (χ0v) is 12.0. The van der Waals surface area contributed by atoms with Gasteiger partial charge in [-0.2, -0.15) is 0 Å². The second-order valence-corrected chi connectivity index (χ2v) is 6.78. The van der Waals surface area contributed by atoms with Crippen molar-refractivity contribution in [1.82, 2.24) is 15.5 Å². The van der Waals surface area contributed by atoms with E-state index < -0.39 is 0 Å². The zero-order chi connectivity index (χ0) is 12.4. The summed E-state index contributed by atoms with van der Waals surface area (Å²) < 4.78 is 0.940. The van der Waals surface area contributed by atoms with Gasteiger partial charge in [0.2, 0.25) is 0 Å². The third-order valence-corrected chi connectivity index (χ3v) is 4.85. The standard InChI is InChI=1S/C12H12ClN3S2/c13-11-5-10(18-12-16-15-7-17-12)4-1-8(11)6-14-9-2-3-9/h1,4-5,7,9,14H,2-3,6H2. The molecule has 18 heavy (non-hydrogen) atoms. The highest BCUT2D eigenvalue weighted by Crippen LogP contribution is 2.31. The molecule has 0 spiro atoms. The molecule has 1 aliphatic rings. The number of nitrogens with zero attached hydrogens (tertiary/aromatic N) is 2. The van der Waals surface area contributed by atoms with Crippen LogP contribution in [0.3, 0.4) is 0 Å². The van der Waals surface area contributed by atoms with Crippen molar-refractivity contribution in [3.8, 4) is 0 Å². The Balaban J connectivity index is 1.67. The van der Waals surface area contributed by atoms with E-state index in [1.54, 1.807) is 17.3 Å². The summed E-state index contributed by atoms with van der Waals surface area (Å²) >= 11 is 9.42. The molecule has 0 atom stereocenters. The van der Waals surface area contributed by atoms with E-state index in [0.29, 0.717) is 6.04 Å². The summed E-state index contributed by atoms with van der Waals surface area (Å²) in [7, 11) is 0. The summed E-state index contributed by atoms with van der Waals surface area (Å²) in [5, 5.41) is 12.1. The van der Waals surface area contributed by atoms with Gasteiger partial charge in [0.1, 0.15) is 5.51 Å². The maximum absolute atomic E-state index is 6.29. The molecule has 0 radical (unpaired) electrons. The molecule has 1 aromatic heterocycles. The minimum Gasteiger partial charge on any atom is -0.310 e. The van der Waals surface area contributed by atoms with Crippen LogP contribution >= 0.6 is 34.7 Å². The number of nitrogens with one attached hydrogen (secondary N) is 1. The van der Waals surface area contributed by atoms with Crippen LogP contribution in [0.25, 0.3) is 0 Å². The number of rotatable bonds is 5. The largest absolute Gasteiger partial charge is 0.310 e. The van der Waals surface area contributed by atoms with Gasteiger partial charge >= 0.3 is 0 Å². The average molecular weight is 298 g/mol. The van der Waals surface area contributed by atoms with Gasteiger partial charge in [-0.3, -0.25) is 0 Å². The van der Waals surface area contributed by atoms with Crippen LogP contribution in [0.2, 0.25) is 5.02 Å².